The molecule has 3 nitrogen and oxygen atoms in total. The molecule has 1 fully saturated rings. The van der Waals surface area contributed by atoms with E-state index in [9.17, 15) is 4.79 Å². The molecule has 1 aliphatic carbocycles. The number of para-hydroxylation sites is 2. The Morgan fingerprint density at radius 2 is 1.80 bits per heavy atom. The van der Waals surface area contributed by atoms with Crippen LogP contribution in [0.1, 0.15) is 38.3 Å². The second-order valence-corrected chi connectivity index (χ2v) is 8.13. The number of carbonyl (C=O) groups is 1. The highest BCUT2D eigenvalue weighted by Gasteiger charge is 2.44. The van der Waals surface area contributed by atoms with Crippen LogP contribution in [0.5, 0.6) is 0 Å². The van der Waals surface area contributed by atoms with Gasteiger partial charge in [-0.3, -0.25) is 9.79 Å². The third-order valence-electron chi connectivity index (χ3n) is 5.07. The summed E-state index contributed by atoms with van der Waals surface area (Å²) >= 11 is 6.48. The molecule has 2 aliphatic rings. The van der Waals surface area contributed by atoms with E-state index in [1.165, 1.54) is 0 Å². The van der Waals surface area contributed by atoms with Crippen LogP contribution in [0.2, 0.25) is 5.02 Å². The van der Waals surface area contributed by atoms with Gasteiger partial charge in [-0.25, -0.2) is 0 Å². The normalized spacial score (nSPS) is 24.4. The maximum Gasteiger partial charge on any atom is 0.144 e. The Morgan fingerprint density at radius 1 is 1.08 bits per heavy atom. The average Bonchev–Trinajstić information content (AvgIpc) is 2.70. The van der Waals surface area contributed by atoms with Crippen molar-refractivity contribution >= 4 is 34.5 Å². The van der Waals surface area contributed by atoms with E-state index in [2.05, 4.69) is 19.2 Å². The molecule has 4 heteroatoms. The van der Waals surface area contributed by atoms with E-state index in [4.69, 9.17) is 16.6 Å². The molecule has 25 heavy (non-hydrogen) atoms. The molecule has 0 spiro atoms. The molecule has 2 unspecified atom stereocenters. The van der Waals surface area contributed by atoms with Crippen LogP contribution in [0.25, 0.3) is 0 Å². The first-order chi connectivity index (χ1) is 11.9. The number of anilines is 1. The number of fused-ring (bicyclic) bond motifs is 2. The molecule has 0 bridgehead atoms. The lowest BCUT2D eigenvalue weighted by molar-refractivity contribution is -0.124. The van der Waals surface area contributed by atoms with Crippen molar-refractivity contribution < 1.29 is 4.79 Å². The second kappa shape index (κ2) is 5.99. The van der Waals surface area contributed by atoms with Crippen LogP contribution in [-0.2, 0) is 4.79 Å². The molecule has 0 saturated heterocycles. The first-order valence-electron chi connectivity index (χ1n) is 8.65. The maximum absolute atomic E-state index is 13.1. The zero-order valence-corrected chi connectivity index (χ0v) is 15.2. The monoisotopic (exact) mass is 352 g/mol. The van der Waals surface area contributed by atoms with E-state index in [1.54, 1.807) is 0 Å². The Labute approximate surface area is 153 Å². The minimum absolute atomic E-state index is 0.0588. The number of carbonyl (C=O) groups excluding carboxylic acids is 1. The molecule has 1 heterocycles. The smallest absolute Gasteiger partial charge is 0.144 e. The summed E-state index contributed by atoms with van der Waals surface area (Å²) in [5.41, 5.74) is 3.69. The van der Waals surface area contributed by atoms with Crippen molar-refractivity contribution in [2.45, 2.75) is 32.7 Å². The molecule has 128 valence electrons. The van der Waals surface area contributed by atoms with E-state index < -0.39 is 0 Å². The third kappa shape index (κ3) is 2.98. The van der Waals surface area contributed by atoms with Crippen LogP contribution in [0.4, 0.5) is 11.4 Å². The topological polar surface area (TPSA) is 41.5 Å². The minimum Gasteiger partial charge on any atom is -0.375 e. The Kier molecular flexibility index (Phi) is 3.92. The van der Waals surface area contributed by atoms with Crippen molar-refractivity contribution in [1.29, 1.82) is 0 Å². The zero-order valence-electron chi connectivity index (χ0n) is 14.4. The van der Waals surface area contributed by atoms with Crippen LogP contribution in [0.15, 0.2) is 53.5 Å². The molecule has 2 aromatic carbocycles. The van der Waals surface area contributed by atoms with Gasteiger partial charge in [0.25, 0.3) is 0 Å². The third-order valence-corrected chi connectivity index (χ3v) is 5.42. The molecule has 0 amide bonds. The van der Waals surface area contributed by atoms with Gasteiger partial charge in [-0.2, -0.15) is 0 Å². The number of aliphatic imine (C=N–C) groups is 1. The van der Waals surface area contributed by atoms with Crippen LogP contribution in [0, 0.1) is 11.3 Å². The summed E-state index contributed by atoms with van der Waals surface area (Å²) < 4.78 is 0. The molecule has 1 saturated carbocycles. The molecular weight excluding hydrogens is 332 g/mol. The lowest BCUT2D eigenvalue weighted by Gasteiger charge is -2.37. The summed E-state index contributed by atoms with van der Waals surface area (Å²) in [7, 11) is 0. The molecule has 2 atom stereocenters. The second-order valence-electron chi connectivity index (χ2n) is 7.73. The van der Waals surface area contributed by atoms with Crippen LogP contribution in [0.3, 0.4) is 0 Å². The van der Waals surface area contributed by atoms with E-state index >= 15 is 0 Å². The molecule has 0 aromatic heterocycles. The van der Waals surface area contributed by atoms with Crippen LogP contribution >= 0.6 is 11.6 Å². The average molecular weight is 353 g/mol. The maximum atomic E-state index is 13.1. The highest BCUT2D eigenvalue weighted by Crippen LogP contribution is 2.45. The summed E-state index contributed by atoms with van der Waals surface area (Å²) in [4.78, 5) is 18.0. The van der Waals surface area contributed by atoms with Crippen LogP contribution < -0.4 is 5.32 Å². The van der Waals surface area contributed by atoms with E-state index in [-0.39, 0.29) is 23.2 Å². The minimum atomic E-state index is -0.277. The Bertz CT molecular complexity index is 872. The van der Waals surface area contributed by atoms with Crippen molar-refractivity contribution in [1.82, 2.24) is 0 Å². The molecule has 4 rings (SSSR count). The zero-order chi connectivity index (χ0) is 17.6. The van der Waals surface area contributed by atoms with Crippen molar-refractivity contribution in [3.8, 4) is 0 Å². The van der Waals surface area contributed by atoms with Gasteiger partial charge in [0, 0.05) is 17.2 Å². The predicted octanol–water partition coefficient (Wildman–Crippen LogP) is 5.58. The number of rotatable bonds is 1. The van der Waals surface area contributed by atoms with Gasteiger partial charge in [-0.15, -0.1) is 0 Å². The van der Waals surface area contributed by atoms with Crippen LogP contribution in [-0.4, -0.2) is 11.5 Å². The van der Waals surface area contributed by atoms with Crippen molar-refractivity contribution in [3.05, 3.63) is 59.1 Å². The predicted molar refractivity (Wildman–Crippen MR) is 103 cm³/mol. The molecular formula is C21H21ClN2O. The Hall–Kier alpha value is -2.13. The van der Waals surface area contributed by atoms with Gasteiger partial charge in [0.05, 0.1) is 23.3 Å². The van der Waals surface area contributed by atoms with Gasteiger partial charge in [0.2, 0.25) is 0 Å². The number of nitrogens with one attached hydrogen (secondary N) is 1. The highest BCUT2D eigenvalue weighted by molar-refractivity contribution is 6.31. The Morgan fingerprint density at radius 3 is 2.60 bits per heavy atom. The molecule has 1 N–H and O–H groups in total. The fraction of sp³-hybridized carbons (Fsp3) is 0.333. The SMILES string of the molecule is CC1(C)CC(=O)C2C(=Nc3ccccc3NC2c2ccccc2Cl)C1. The number of ketones is 1. The van der Waals surface area contributed by atoms with Gasteiger partial charge in [-0.05, 0) is 35.6 Å². The first kappa shape index (κ1) is 16.3. The number of Topliss-reactive ketones (excluding diaryl/α,β-unsaturated/α-hetero) is 1. The number of hydrogen-bond donors (Lipinski definition) is 1. The van der Waals surface area contributed by atoms with E-state index in [0.717, 1.165) is 29.1 Å². The lowest BCUT2D eigenvalue weighted by Crippen LogP contribution is -2.42. The van der Waals surface area contributed by atoms with Crippen molar-refractivity contribution in [3.63, 3.8) is 0 Å². The summed E-state index contributed by atoms with van der Waals surface area (Å²) in [6, 6.07) is 15.5. The number of halogens is 1. The quantitative estimate of drug-likeness (QED) is 0.727. The van der Waals surface area contributed by atoms with Crippen molar-refractivity contribution in [2.75, 3.05) is 5.32 Å². The summed E-state index contributed by atoms with van der Waals surface area (Å²) in [5, 5.41) is 4.23. The standard InChI is InChI=1S/C21H21ClN2O/c1-21(2)11-17-19(18(25)12-21)20(13-7-3-4-8-14(13)22)24-16-10-6-5-9-15(16)23-17/h3-10,19-20,24H,11-12H2,1-2H3. The van der Waals surface area contributed by atoms with E-state index in [1.807, 2.05) is 48.5 Å². The lowest BCUT2D eigenvalue weighted by atomic mass is 9.68. The van der Waals surface area contributed by atoms with Gasteiger partial charge in [0.1, 0.15) is 5.78 Å². The molecule has 1 aliphatic heterocycles. The summed E-state index contributed by atoms with van der Waals surface area (Å²) in [6.07, 6.45) is 1.38. The summed E-state index contributed by atoms with van der Waals surface area (Å²) in [5.74, 6) is -0.0412. The van der Waals surface area contributed by atoms with Crippen molar-refractivity contribution in [2.24, 2.45) is 16.3 Å². The first-order valence-corrected chi connectivity index (χ1v) is 9.03. The fourth-order valence-electron chi connectivity index (χ4n) is 4.00. The number of hydrogen-bond acceptors (Lipinski definition) is 3. The largest absolute Gasteiger partial charge is 0.375 e. The molecule has 2 aromatic rings. The molecule has 0 radical (unpaired) electrons. The van der Waals surface area contributed by atoms with E-state index in [0.29, 0.717) is 11.4 Å². The van der Waals surface area contributed by atoms with Gasteiger partial charge < -0.3 is 5.32 Å². The summed E-state index contributed by atoms with van der Waals surface area (Å²) in [6.45, 7) is 4.27. The fourth-order valence-corrected chi connectivity index (χ4v) is 4.25. The number of nitrogens with zero attached hydrogens (tertiary/aromatic N) is 1. The van der Waals surface area contributed by atoms with Gasteiger partial charge in [-0.1, -0.05) is 55.8 Å². The Balaban J connectivity index is 1.89. The van der Waals surface area contributed by atoms with Gasteiger partial charge >= 0.3 is 0 Å². The van der Waals surface area contributed by atoms with Gasteiger partial charge in [0.15, 0.2) is 0 Å². The number of benzene rings is 2. The highest BCUT2D eigenvalue weighted by atomic mass is 35.5.